The summed E-state index contributed by atoms with van der Waals surface area (Å²) in [7, 11) is 0. The zero-order chi connectivity index (χ0) is 9.10. The molecule has 0 bridgehead atoms. The van der Waals surface area contributed by atoms with E-state index in [4.69, 9.17) is 10.5 Å². The first-order valence-corrected chi connectivity index (χ1v) is 4.42. The van der Waals surface area contributed by atoms with Crippen LogP contribution in [0.2, 0.25) is 0 Å². The van der Waals surface area contributed by atoms with Gasteiger partial charge in [-0.15, -0.1) is 0 Å². The molecule has 2 rings (SSSR count). The summed E-state index contributed by atoms with van der Waals surface area (Å²) in [6.07, 6.45) is 4.62. The number of hydrogen-bond acceptors (Lipinski definition) is 4. The van der Waals surface area contributed by atoms with Crippen LogP contribution in [0, 0.1) is 0 Å². The maximum Gasteiger partial charge on any atom is 0.140 e. The Hall–Kier alpha value is -1.29. The first-order valence-electron chi connectivity index (χ1n) is 4.42. The van der Waals surface area contributed by atoms with Crippen LogP contribution in [0.4, 0.5) is 5.69 Å². The lowest BCUT2D eigenvalue weighted by atomic mass is 10.3. The van der Waals surface area contributed by atoms with Crippen LogP contribution in [0.25, 0.3) is 0 Å². The average Bonchev–Trinajstić information content (AvgIpc) is 2.57. The van der Waals surface area contributed by atoms with E-state index < -0.39 is 0 Å². The molecule has 0 radical (unpaired) electrons. The van der Waals surface area contributed by atoms with Crippen molar-refractivity contribution >= 4 is 5.69 Å². The Morgan fingerprint density at radius 2 is 2.46 bits per heavy atom. The molecule has 0 unspecified atom stereocenters. The molecule has 3 N–H and O–H groups in total. The third-order valence-corrected chi connectivity index (χ3v) is 2.05. The lowest BCUT2D eigenvalue weighted by molar-refractivity contribution is 0.222. The van der Waals surface area contributed by atoms with Crippen LogP contribution >= 0.6 is 0 Å². The van der Waals surface area contributed by atoms with Gasteiger partial charge in [0.2, 0.25) is 0 Å². The Morgan fingerprint density at radius 3 is 3.15 bits per heavy atom. The number of pyridine rings is 1. The third-order valence-electron chi connectivity index (χ3n) is 2.05. The Labute approximate surface area is 77.1 Å². The van der Waals surface area contributed by atoms with E-state index in [1.807, 2.05) is 0 Å². The van der Waals surface area contributed by atoms with E-state index in [1.165, 1.54) is 0 Å². The number of ether oxygens (including phenoxy) is 1. The molecule has 4 nitrogen and oxygen atoms in total. The second-order valence-electron chi connectivity index (χ2n) is 3.19. The molecule has 4 heteroatoms. The Balaban J connectivity index is 2.00. The van der Waals surface area contributed by atoms with E-state index in [9.17, 15) is 0 Å². The van der Waals surface area contributed by atoms with Gasteiger partial charge in [-0.3, -0.25) is 4.98 Å². The molecule has 13 heavy (non-hydrogen) atoms. The number of hydrogen-bond donors (Lipinski definition) is 2. The quantitative estimate of drug-likeness (QED) is 0.690. The van der Waals surface area contributed by atoms with Crippen molar-refractivity contribution in [3.8, 4) is 5.75 Å². The van der Waals surface area contributed by atoms with E-state index in [-0.39, 0.29) is 6.10 Å². The molecule has 1 fully saturated rings. The normalized spacial score (nSPS) is 21.7. The zero-order valence-corrected chi connectivity index (χ0v) is 7.36. The molecule has 0 saturated carbocycles. The maximum atomic E-state index is 5.65. The minimum absolute atomic E-state index is 0.267. The van der Waals surface area contributed by atoms with Crippen molar-refractivity contribution in [1.29, 1.82) is 0 Å². The van der Waals surface area contributed by atoms with Gasteiger partial charge in [0.05, 0.1) is 18.1 Å². The largest absolute Gasteiger partial charge is 0.487 e. The van der Waals surface area contributed by atoms with Gasteiger partial charge < -0.3 is 15.8 Å². The van der Waals surface area contributed by atoms with Gasteiger partial charge in [0.1, 0.15) is 11.9 Å². The molecular weight excluding hydrogens is 166 g/mol. The van der Waals surface area contributed by atoms with Crippen LogP contribution in [0.15, 0.2) is 18.5 Å². The maximum absolute atomic E-state index is 5.65. The molecule has 1 aromatic heterocycles. The molecule has 1 atom stereocenters. The topological polar surface area (TPSA) is 60.2 Å². The molecule has 70 valence electrons. The summed E-state index contributed by atoms with van der Waals surface area (Å²) >= 11 is 0. The van der Waals surface area contributed by atoms with Gasteiger partial charge in [-0.05, 0) is 13.0 Å². The highest BCUT2D eigenvalue weighted by Crippen LogP contribution is 2.16. The summed E-state index contributed by atoms with van der Waals surface area (Å²) in [4.78, 5) is 3.96. The molecule has 0 amide bonds. The molecule has 2 heterocycles. The lowest BCUT2D eigenvalue weighted by Crippen LogP contribution is -2.19. The SMILES string of the molecule is Nc1cncc(O[C@H]2CCNC2)c1. The highest BCUT2D eigenvalue weighted by atomic mass is 16.5. The molecular formula is C9H13N3O. The molecule has 0 aromatic carbocycles. The summed E-state index contributed by atoms with van der Waals surface area (Å²) in [6, 6.07) is 1.80. The van der Waals surface area contributed by atoms with Gasteiger partial charge in [0.15, 0.2) is 0 Å². The number of nitrogens with one attached hydrogen (secondary N) is 1. The van der Waals surface area contributed by atoms with Crippen LogP contribution < -0.4 is 15.8 Å². The van der Waals surface area contributed by atoms with E-state index >= 15 is 0 Å². The van der Waals surface area contributed by atoms with Crippen molar-refractivity contribution in [2.45, 2.75) is 12.5 Å². The number of nitrogen functional groups attached to an aromatic ring is 1. The highest BCUT2D eigenvalue weighted by Gasteiger charge is 2.15. The fourth-order valence-electron chi connectivity index (χ4n) is 1.42. The van der Waals surface area contributed by atoms with Gasteiger partial charge in [-0.1, -0.05) is 0 Å². The minimum Gasteiger partial charge on any atom is -0.487 e. The standard InChI is InChI=1S/C9H13N3O/c10-7-3-9(6-12-4-7)13-8-1-2-11-5-8/h3-4,6,8,11H,1-2,5,10H2/t8-/m0/s1. The number of aromatic nitrogens is 1. The van der Waals surface area contributed by atoms with Crippen molar-refractivity contribution in [3.63, 3.8) is 0 Å². The minimum atomic E-state index is 0.267. The summed E-state index contributed by atoms with van der Waals surface area (Å²) in [5.74, 6) is 0.758. The van der Waals surface area contributed by atoms with Gasteiger partial charge in [-0.2, -0.15) is 0 Å². The molecule has 1 saturated heterocycles. The van der Waals surface area contributed by atoms with E-state index in [1.54, 1.807) is 18.5 Å². The summed E-state index contributed by atoms with van der Waals surface area (Å²) in [5, 5.41) is 3.23. The Bertz CT molecular complexity index is 284. The monoisotopic (exact) mass is 179 g/mol. The van der Waals surface area contributed by atoms with Gasteiger partial charge >= 0.3 is 0 Å². The van der Waals surface area contributed by atoms with Gasteiger partial charge in [0, 0.05) is 12.6 Å². The highest BCUT2D eigenvalue weighted by molar-refractivity contribution is 5.40. The average molecular weight is 179 g/mol. The fourth-order valence-corrected chi connectivity index (χ4v) is 1.42. The van der Waals surface area contributed by atoms with Crippen molar-refractivity contribution < 1.29 is 4.74 Å². The number of nitrogens with two attached hydrogens (primary N) is 1. The Morgan fingerprint density at radius 1 is 1.54 bits per heavy atom. The molecule has 0 spiro atoms. The molecule has 1 aliphatic rings. The number of rotatable bonds is 2. The van der Waals surface area contributed by atoms with E-state index in [0.29, 0.717) is 5.69 Å². The van der Waals surface area contributed by atoms with Crippen LogP contribution in [0.5, 0.6) is 5.75 Å². The summed E-state index contributed by atoms with van der Waals surface area (Å²) in [5.41, 5.74) is 6.22. The molecule has 1 aliphatic heterocycles. The smallest absolute Gasteiger partial charge is 0.140 e. The molecule has 1 aromatic rings. The molecule has 0 aliphatic carbocycles. The third kappa shape index (κ3) is 2.09. The summed E-state index contributed by atoms with van der Waals surface area (Å²) < 4.78 is 5.65. The number of nitrogens with zero attached hydrogens (tertiary/aromatic N) is 1. The van der Waals surface area contributed by atoms with Gasteiger partial charge in [-0.25, -0.2) is 0 Å². The zero-order valence-electron chi connectivity index (χ0n) is 7.36. The Kier molecular flexibility index (Phi) is 2.31. The van der Waals surface area contributed by atoms with Gasteiger partial charge in [0.25, 0.3) is 0 Å². The second kappa shape index (κ2) is 3.62. The van der Waals surface area contributed by atoms with Crippen LogP contribution in [0.1, 0.15) is 6.42 Å². The van der Waals surface area contributed by atoms with Crippen molar-refractivity contribution in [2.75, 3.05) is 18.8 Å². The van der Waals surface area contributed by atoms with E-state index in [0.717, 1.165) is 25.3 Å². The van der Waals surface area contributed by atoms with Crippen LogP contribution in [0.3, 0.4) is 0 Å². The van der Waals surface area contributed by atoms with Crippen molar-refractivity contribution in [2.24, 2.45) is 0 Å². The second-order valence-corrected chi connectivity index (χ2v) is 3.19. The van der Waals surface area contributed by atoms with Crippen LogP contribution in [-0.4, -0.2) is 24.2 Å². The predicted octanol–water partition coefficient (Wildman–Crippen LogP) is 0.404. The van der Waals surface area contributed by atoms with Crippen LogP contribution in [-0.2, 0) is 0 Å². The van der Waals surface area contributed by atoms with Crippen molar-refractivity contribution in [1.82, 2.24) is 10.3 Å². The van der Waals surface area contributed by atoms with E-state index in [2.05, 4.69) is 10.3 Å². The lowest BCUT2D eigenvalue weighted by Gasteiger charge is -2.11. The van der Waals surface area contributed by atoms with Crippen molar-refractivity contribution in [3.05, 3.63) is 18.5 Å². The number of anilines is 1. The predicted molar refractivity (Wildman–Crippen MR) is 50.6 cm³/mol. The first kappa shape index (κ1) is 8.31. The summed E-state index contributed by atoms with van der Waals surface area (Å²) in [6.45, 7) is 1.94. The fraction of sp³-hybridized carbons (Fsp3) is 0.444. The first-order chi connectivity index (χ1) is 6.34.